The highest BCUT2D eigenvalue weighted by molar-refractivity contribution is 9.10. The fourth-order valence-corrected chi connectivity index (χ4v) is 2.39. The van der Waals surface area contributed by atoms with Crippen LogP contribution in [-0.2, 0) is 9.84 Å². The SMILES string of the molecule is CCS(=O)(=O)CCNc1ccc(C#N)c(Br)c1F. The van der Waals surface area contributed by atoms with Gasteiger partial charge in [0.25, 0.3) is 0 Å². The zero-order valence-corrected chi connectivity index (χ0v) is 12.1. The van der Waals surface area contributed by atoms with E-state index in [1.807, 2.05) is 6.07 Å². The van der Waals surface area contributed by atoms with Gasteiger partial charge in [-0.3, -0.25) is 0 Å². The van der Waals surface area contributed by atoms with Gasteiger partial charge in [-0.1, -0.05) is 6.92 Å². The summed E-state index contributed by atoms with van der Waals surface area (Å²) >= 11 is 2.98. The third-order valence-electron chi connectivity index (χ3n) is 2.37. The number of hydrogen-bond donors (Lipinski definition) is 1. The van der Waals surface area contributed by atoms with E-state index in [0.29, 0.717) is 0 Å². The fraction of sp³-hybridized carbons (Fsp3) is 0.364. The lowest BCUT2D eigenvalue weighted by Crippen LogP contribution is -2.17. The lowest BCUT2D eigenvalue weighted by Gasteiger charge is -2.09. The van der Waals surface area contributed by atoms with E-state index >= 15 is 0 Å². The van der Waals surface area contributed by atoms with Gasteiger partial charge >= 0.3 is 0 Å². The number of hydrogen-bond acceptors (Lipinski definition) is 4. The van der Waals surface area contributed by atoms with Crippen LogP contribution in [-0.4, -0.2) is 26.5 Å². The molecule has 18 heavy (non-hydrogen) atoms. The van der Waals surface area contributed by atoms with Crippen molar-refractivity contribution in [3.8, 4) is 6.07 Å². The summed E-state index contributed by atoms with van der Waals surface area (Å²) < 4.78 is 36.3. The molecule has 0 atom stereocenters. The number of halogens is 2. The number of sulfone groups is 1. The summed E-state index contributed by atoms with van der Waals surface area (Å²) in [6.45, 7) is 1.69. The summed E-state index contributed by atoms with van der Waals surface area (Å²) in [5.74, 6) is -0.586. The first-order valence-electron chi connectivity index (χ1n) is 5.23. The number of nitriles is 1. The Bertz CT molecular complexity index is 581. The Morgan fingerprint density at radius 3 is 2.72 bits per heavy atom. The summed E-state index contributed by atoms with van der Waals surface area (Å²) in [6.07, 6.45) is 0. The van der Waals surface area contributed by atoms with Gasteiger partial charge in [0.15, 0.2) is 15.7 Å². The first-order chi connectivity index (χ1) is 8.41. The van der Waals surface area contributed by atoms with Crippen molar-refractivity contribution in [2.75, 3.05) is 23.4 Å². The van der Waals surface area contributed by atoms with Gasteiger partial charge < -0.3 is 5.32 Å². The van der Waals surface area contributed by atoms with Crippen molar-refractivity contribution >= 4 is 31.5 Å². The monoisotopic (exact) mass is 334 g/mol. The van der Waals surface area contributed by atoms with Gasteiger partial charge in [-0.2, -0.15) is 5.26 Å². The minimum Gasteiger partial charge on any atom is -0.382 e. The summed E-state index contributed by atoms with van der Waals surface area (Å²) in [6, 6.07) is 4.72. The van der Waals surface area contributed by atoms with Crippen LogP contribution in [0.3, 0.4) is 0 Å². The van der Waals surface area contributed by atoms with Gasteiger partial charge in [-0.15, -0.1) is 0 Å². The molecule has 4 nitrogen and oxygen atoms in total. The molecule has 0 heterocycles. The molecule has 0 bridgehead atoms. The molecule has 1 aromatic carbocycles. The van der Waals surface area contributed by atoms with Crippen LogP contribution in [0.5, 0.6) is 0 Å². The van der Waals surface area contributed by atoms with Gasteiger partial charge in [-0.05, 0) is 28.1 Å². The third-order valence-corrected chi connectivity index (χ3v) is 4.85. The van der Waals surface area contributed by atoms with Crippen molar-refractivity contribution in [2.24, 2.45) is 0 Å². The van der Waals surface area contributed by atoms with Crippen molar-refractivity contribution in [3.05, 3.63) is 28.0 Å². The van der Waals surface area contributed by atoms with E-state index in [0.717, 1.165) is 0 Å². The van der Waals surface area contributed by atoms with Crippen LogP contribution in [0.2, 0.25) is 0 Å². The molecule has 98 valence electrons. The Hall–Kier alpha value is -1.13. The molecule has 0 amide bonds. The molecule has 0 aliphatic carbocycles. The third kappa shape index (κ3) is 3.68. The molecule has 0 spiro atoms. The van der Waals surface area contributed by atoms with Crippen LogP contribution in [0, 0.1) is 17.1 Å². The highest BCUT2D eigenvalue weighted by Gasteiger charge is 2.12. The van der Waals surface area contributed by atoms with Crippen molar-refractivity contribution < 1.29 is 12.8 Å². The normalized spacial score (nSPS) is 11.0. The molecule has 0 aromatic heterocycles. The quantitative estimate of drug-likeness (QED) is 0.896. The number of nitrogens with one attached hydrogen (secondary N) is 1. The second-order valence-electron chi connectivity index (χ2n) is 3.56. The van der Waals surface area contributed by atoms with Crippen molar-refractivity contribution in [1.29, 1.82) is 5.26 Å². The van der Waals surface area contributed by atoms with E-state index in [-0.39, 0.29) is 33.8 Å². The average Bonchev–Trinajstić information content (AvgIpc) is 2.35. The summed E-state index contributed by atoms with van der Waals surface area (Å²) in [5, 5.41) is 11.4. The Kier molecular flexibility index (Phi) is 5.11. The average molecular weight is 335 g/mol. The van der Waals surface area contributed by atoms with Crippen molar-refractivity contribution in [3.63, 3.8) is 0 Å². The minimum atomic E-state index is -3.07. The van der Waals surface area contributed by atoms with Crippen LogP contribution in [0.4, 0.5) is 10.1 Å². The molecule has 0 aliphatic heterocycles. The zero-order chi connectivity index (χ0) is 13.8. The first-order valence-corrected chi connectivity index (χ1v) is 7.85. The van der Waals surface area contributed by atoms with Crippen LogP contribution < -0.4 is 5.32 Å². The Balaban J connectivity index is 2.76. The second kappa shape index (κ2) is 6.16. The summed E-state index contributed by atoms with van der Waals surface area (Å²) in [7, 11) is -3.07. The number of benzene rings is 1. The van der Waals surface area contributed by atoms with E-state index in [1.54, 1.807) is 6.92 Å². The minimum absolute atomic E-state index is 0.0550. The summed E-state index contributed by atoms with van der Waals surface area (Å²) in [5.41, 5.74) is 0.367. The van der Waals surface area contributed by atoms with Crippen LogP contribution >= 0.6 is 15.9 Å². The van der Waals surface area contributed by atoms with Gasteiger partial charge in [0, 0.05) is 12.3 Å². The molecule has 1 rings (SSSR count). The predicted octanol–water partition coefficient (Wildman–Crippen LogP) is 2.31. The maximum Gasteiger partial charge on any atom is 0.161 e. The standard InChI is InChI=1S/C11H12BrFN2O2S/c1-2-18(16,17)6-5-15-9-4-3-8(7-14)10(12)11(9)13/h3-4,15H,2,5-6H2,1H3. The first kappa shape index (κ1) is 14.9. The largest absolute Gasteiger partial charge is 0.382 e. The van der Waals surface area contributed by atoms with E-state index in [4.69, 9.17) is 5.26 Å². The number of anilines is 1. The molecule has 0 fully saturated rings. The van der Waals surface area contributed by atoms with Gasteiger partial charge in [0.2, 0.25) is 0 Å². The number of rotatable bonds is 5. The zero-order valence-electron chi connectivity index (χ0n) is 9.70. The molecule has 0 unspecified atom stereocenters. The van der Waals surface area contributed by atoms with Crippen LogP contribution in [0.1, 0.15) is 12.5 Å². The number of nitrogens with zero attached hydrogens (tertiary/aromatic N) is 1. The maximum absolute atomic E-state index is 13.7. The lowest BCUT2D eigenvalue weighted by molar-refractivity contribution is 0.597. The van der Waals surface area contributed by atoms with E-state index in [9.17, 15) is 12.8 Å². The molecular weight excluding hydrogens is 323 g/mol. The van der Waals surface area contributed by atoms with Gasteiger partial charge in [-0.25, -0.2) is 12.8 Å². The smallest absolute Gasteiger partial charge is 0.161 e. The molecular formula is C11H12BrFN2O2S. The maximum atomic E-state index is 13.7. The molecule has 7 heteroatoms. The molecule has 0 aliphatic rings. The highest BCUT2D eigenvalue weighted by atomic mass is 79.9. The van der Waals surface area contributed by atoms with E-state index in [2.05, 4.69) is 21.2 Å². The summed E-state index contributed by atoms with van der Waals surface area (Å²) in [4.78, 5) is 0. The fourth-order valence-electron chi connectivity index (χ4n) is 1.26. The van der Waals surface area contributed by atoms with E-state index in [1.165, 1.54) is 12.1 Å². The van der Waals surface area contributed by atoms with Crippen molar-refractivity contribution in [1.82, 2.24) is 0 Å². The Morgan fingerprint density at radius 1 is 1.50 bits per heavy atom. The lowest BCUT2D eigenvalue weighted by atomic mass is 10.2. The van der Waals surface area contributed by atoms with Crippen molar-refractivity contribution in [2.45, 2.75) is 6.92 Å². The Labute approximate surface area is 114 Å². The van der Waals surface area contributed by atoms with Crippen LogP contribution in [0.15, 0.2) is 16.6 Å². The Morgan fingerprint density at radius 2 is 2.17 bits per heavy atom. The van der Waals surface area contributed by atoms with Gasteiger partial charge in [0.1, 0.15) is 6.07 Å². The second-order valence-corrected chi connectivity index (χ2v) is 6.83. The molecule has 0 saturated carbocycles. The molecule has 0 saturated heterocycles. The highest BCUT2D eigenvalue weighted by Crippen LogP contribution is 2.26. The van der Waals surface area contributed by atoms with E-state index < -0.39 is 15.7 Å². The molecule has 1 N–H and O–H groups in total. The molecule has 1 aromatic rings. The van der Waals surface area contributed by atoms with Crippen LogP contribution in [0.25, 0.3) is 0 Å². The molecule has 0 radical (unpaired) electrons. The topological polar surface area (TPSA) is 70.0 Å². The van der Waals surface area contributed by atoms with Gasteiger partial charge in [0.05, 0.1) is 21.5 Å². The predicted molar refractivity (Wildman–Crippen MR) is 71.6 cm³/mol.